The van der Waals surface area contributed by atoms with Crippen molar-refractivity contribution in [2.45, 2.75) is 30.6 Å². The molecule has 0 heterocycles. The molecular weight excluding hydrogens is 372 g/mol. The number of carbonyl (C=O) groups is 1. The van der Waals surface area contributed by atoms with Gasteiger partial charge in [0.05, 0.1) is 15.5 Å². The zero-order valence-corrected chi connectivity index (χ0v) is 16.3. The van der Waals surface area contributed by atoms with Crippen molar-refractivity contribution < 1.29 is 13.2 Å². The summed E-state index contributed by atoms with van der Waals surface area (Å²) in [6.45, 7) is 0. The number of nitrogens with one attached hydrogen (secondary N) is 1. The third-order valence-electron chi connectivity index (χ3n) is 4.61. The quantitative estimate of drug-likeness (QED) is 0.862. The number of carbonyl (C=O) groups excluding carboxylic acids is 1. The third-order valence-corrected chi connectivity index (χ3v) is 6.75. The number of fused-ring (bicyclic) bond motifs is 1. The number of sulfonamides is 1. The van der Waals surface area contributed by atoms with Gasteiger partial charge in [-0.25, -0.2) is 12.7 Å². The summed E-state index contributed by atoms with van der Waals surface area (Å²) >= 11 is 6.16. The highest BCUT2D eigenvalue weighted by Gasteiger charge is 2.22. The van der Waals surface area contributed by atoms with Gasteiger partial charge in [-0.1, -0.05) is 23.7 Å². The first-order valence-electron chi connectivity index (χ1n) is 8.45. The van der Waals surface area contributed by atoms with E-state index in [4.69, 9.17) is 11.6 Å². The van der Waals surface area contributed by atoms with Crippen molar-refractivity contribution in [2.24, 2.45) is 0 Å². The van der Waals surface area contributed by atoms with Gasteiger partial charge in [0.25, 0.3) is 5.91 Å². The normalized spacial score (nSPS) is 14.2. The minimum absolute atomic E-state index is 0.0344. The molecule has 2 aromatic rings. The topological polar surface area (TPSA) is 66.5 Å². The summed E-state index contributed by atoms with van der Waals surface area (Å²) in [5, 5.41) is 3.12. The van der Waals surface area contributed by atoms with Crippen LogP contribution in [0.1, 0.15) is 34.3 Å². The molecule has 3 rings (SSSR count). The van der Waals surface area contributed by atoms with Crippen molar-refractivity contribution in [1.29, 1.82) is 0 Å². The van der Waals surface area contributed by atoms with E-state index in [1.54, 1.807) is 0 Å². The Labute approximate surface area is 159 Å². The fourth-order valence-electron chi connectivity index (χ4n) is 3.14. The van der Waals surface area contributed by atoms with E-state index in [0.717, 1.165) is 41.2 Å². The van der Waals surface area contributed by atoms with Crippen molar-refractivity contribution in [3.05, 3.63) is 58.1 Å². The average Bonchev–Trinajstić information content (AvgIpc) is 2.62. The molecule has 1 amide bonds. The molecule has 2 aromatic carbocycles. The number of benzene rings is 2. The van der Waals surface area contributed by atoms with Crippen molar-refractivity contribution >= 4 is 33.2 Å². The maximum absolute atomic E-state index is 12.8. The van der Waals surface area contributed by atoms with Gasteiger partial charge in [-0.05, 0) is 61.1 Å². The van der Waals surface area contributed by atoms with Crippen LogP contribution < -0.4 is 5.32 Å². The highest BCUT2D eigenvalue weighted by atomic mass is 35.5. The molecule has 0 saturated carbocycles. The molecule has 5 nitrogen and oxygen atoms in total. The molecule has 138 valence electrons. The van der Waals surface area contributed by atoms with Crippen LogP contribution in [0.25, 0.3) is 0 Å². The molecular formula is C19H21ClN2O3S. The lowest BCUT2D eigenvalue weighted by molar-refractivity contribution is 0.102. The second-order valence-corrected chi connectivity index (χ2v) is 9.09. The van der Waals surface area contributed by atoms with Crippen LogP contribution in [0.15, 0.2) is 41.3 Å². The van der Waals surface area contributed by atoms with Crippen LogP contribution in [0, 0.1) is 0 Å². The van der Waals surface area contributed by atoms with Crippen LogP contribution in [0.3, 0.4) is 0 Å². The van der Waals surface area contributed by atoms with Crippen LogP contribution in [0.5, 0.6) is 0 Å². The fourth-order valence-corrected chi connectivity index (χ4v) is 4.27. The van der Waals surface area contributed by atoms with E-state index in [1.807, 2.05) is 12.1 Å². The monoisotopic (exact) mass is 392 g/mol. The number of anilines is 1. The van der Waals surface area contributed by atoms with Crippen molar-refractivity contribution in [1.82, 2.24) is 4.31 Å². The molecule has 0 radical (unpaired) electrons. The highest BCUT2D eigenvalue weighted by Crippen LogP contribution is 2.29. The van der Waals surface area contributed by atoms with E-state index >= 15 is 0 Å². The first-order valence-corrected chi connectivity index (χ1v) is 10.3. The second-order valence-electron chi connectivity index (χ2n) is 6.53. The summed E-state index contributed by atoms with van der Waals surface area (Å²) in [6.07, 6.45) is 4.18. The standard InChI is InChI=1S/C19H21ClN2O3S/c1-22(2)26(24,25)14-10-11-17(20)16(12-14)19(23)21-18-9-5-7-13-6-3-4-8-15(13)18/h5,7,9-12H,3-4,6,8H2,1-2H3,(H,21,23). The van der Waals surface area contributed by atoms with Gasteiger partial charge < -0.3 is 5.32 Å². The molecule has 0 bridgehead atoms. The van der Waals surface area contributed by atoms with Crippen LogP contribution in [0.4, 0.5) is 5.69 Å². The predicted octanol–water partition coefficient (Wildman–Crippen LogP) is 3.72. The number of hydrogen-bond acceptors (Lipinski definition) is 3. The number of nitrogens with zero attached hydrogens (tertiary/aromatic N) is 1. The van der Waals surface area contributed by atoms with Gasteiger partial charge in [0.1, 0.15) is 0 Å². The molecule has 7 heteroatoms. The van der Waals surface area contributed by atoms with Crippen molar-refractivity contribution in [3.8, 4) is 0 Å². The minimum Gasteiger partial charge on any atom is -0.322 e. The van der Waals surface area contributed by atoms with Gasteiger partial charge in [-0.2, -0.15) is 0 Å². The van der Waals surface area contributed by atoms with Gasteiger partial charge in [0.2, 0.25) is 10.0 Å². The fraction of sp³-hybridized carbons (Fsp3) is 0.316. The molecule has 0 atom stereocenters. The summed E-state index contributed by atoms with van der Waals surface area (Å²) in [5.74, 6) is -0.412. The first-order chi connectivity index (χ1) is 12.3. The second kappa shape index (κ2) is 7.39. The molecule has 26 heavy (non-hydrogen) atoms. The van der Waals surface area contributed by atoms with Crippen molar-refractivity contribution in [2.75, 3.05) is 19.4 Å². The van der Waals surface area contributed by atoms with E-state index < -0.39 is 15.9 Å². The number of halogens is 1. The van der Waals surface area contributed by atoms with E-state index in [2.05, 4.69) is 11.4 Å². The van der Waals surface area contributed by atoms with E-state index in [9.17, 15) is 13.2 Å². The van der Waals surface area contributed by atoms with Gasteiger partial charge >= 0.3 is 0 Å². The molecule has 0 fully saturated rings. The smallest absolute Gasteiger partial charge is 0.257 e. The summed E-state index contributed by atoms with van der Waals surface area (Å²) in [7, 11) is -0.753. The lowest BCUT2D eigenvalue weighted by atomic mass is 9.90. The Bertz CT molecular complexity index is 955. The Morgan fingerprint density at radius 2 is 1.85 bits per heavy atom. The van der Waals surface area contributed by atoms with E-state index in [-0.39, 0.29) is 15.5 Å². The highest BCUT2D eigenvalue weighted by molar-refractivity contribution is 7.89. The SMILES string of the molecule is CN(C)S(=O)(=O)c1ccc(Cl)c(C(=O)Nc2cccc3c2CCCC3)c1. The van der Waals surface area contributed by atoms with Crippen LogP contribution in [-0.2, 0) is 22.9 Å². The summed E-state index contributed by atoms with van der Waals surface area (Å²) in [6, 6.07) is 10.0. The molecule has 0 aromatic heterocycles. The molecule has 1 N–H and O–H groups in total. The van der Waals surface area contributed by atoms with Gasteiger partial charge in [-0.15, -0.1) is 0 Å². The van der Waals surface area contributed by atoms with Gasteiger partial charge in [0.15, 0.2) is 0 Å². The first kappa shape index (κ1) is 18.9. The summed E-state index contributed by atoms with van der Waals surface area (Å²) in [5.41, 5.74) is 3.32. The molecule has 1 aliphatic carbocycles. The van der Waals surface area contributed by atoms with E-state index in [1.165, 1.54) is 37.9 Å². The Kier molecular flexibility index (Phi) is 5.37. The Balaban J connectivity index is 1.94. The Morgan fingerprint density at radius 1 is 1.12 bits per heavy atom. The van der Waals surface area contributed by atoms with Crippen LogP contribution >= 0.6 is 11.6 Å². The number of rotatable bonds is 4. The number of aryl methyl sites for hydroxylation is 1. The Morgan fingerprint density at radius 3 is 2.58 bits per heavy atom. The lowest BCUT2D eigenvalue weighted by Gasteiger charge is -2.20. The molecule has 0 unspecified atom stereocenters. The maximum atomic E-state index is 12.8. The van der Waals surface area contributed by atoms with Crippen LogP contribution in [0.2, 0.25) is 5.02 Å². The summed E-state index contributed by atoms with van der Waals surface area (Å²) in [4.78, 5) is 12.8. The van der Waals surface area contributed by atoms with E-state index in [0.29, 0.717) is 0 Å². The largest absolute Gasteiger partial charge is 0.322 e. The zero-order valence-electron chi connectivity index (χ0n) is 14.8. The van der Waals surface area contributed by atoms with Crippen LogP contribution in [-0.4, -0.2) is 32.7 Å². The molecule has 1 aliphatic rings. The summed E-state index contributed by atoms with van der Waals surface area (Å²) < 4.78 is 25.7. The molecule has 0 aliphatic heterocycles. The molecule has 0 spiro atoms. The number of hydrogen-bond donors (Lipinski definition) is 1. The Hall–Kier alpha value is -1.89. The zero-order chi connectivity index (χ0) is 18.9. The number of amides is 1. The lowest BCUT2D eigenvalue weighted by Crippen LogP contribution is -2.23. The van der Waals surface area contributed by atoms with Gasteiger partial charge in [-0.3, -0.25) is 4.79 Å². The molecule has 0 saturated heterocycles. The third kappa shape index (κ3) is 3.63. The van der Waals surface area contributed by atoms with Gasteiger partial charge in [0, 0.05) is 19.8 Å². The predicted molar refractivity (Wildman–Crippen MR) is 103 cm³/mol. The van der Waals surface area contributed by atoms with Crippen molar-refractivity contribution in [3.63, 3.8) is 0 Å². The minimum atomic E-state index is -3.64. The maximum Gasteiger partial charge on any atom is 0.257 e. The average molecular weight is 393 g/mol.